The first kappa shape index (κ1) is 17.5. The zero-order valence-electron chi connectivity index (χ0n) is 14.2. The Bertz CT molecular complexity index is 791. The van der Waals surface area contributed by atoms with Crippen LogP contribution in [0.2, 0.25) is 5.02 Å². The number of carbonyl (C=O) groups excluding carboxylic acids is 2. The fraction of sp³-hybridized carbons (Fsp3) is 0.300. The Morgan fingerprint density at radius 2 is 2.04 bits per heavy atom. The van der Waals surface area contributed by atoms with Crippen molar-refractivity contribution in [3.63, 3.8) is 0 Å². The van der Waals surface area contributed by atoms with E-state index in [1.807, 2.05) is 55.5 Å². The quantitative estimate of drug-likeness (QED) is 0.893. The maximum absolute atomic E-state index is 12.4. The van der Waals surface area contributed by atoms with Crippen molar-refractivity contribution < 1.29 is 9.59 Å². The van der Waals surface area contributed by atoms with E-state index < -0.39 is 0 Å². The van der Waals surface area contributed by atoms with Crippen molar-refractivity contribution in [2.45, 2.75) is 19.8 Å². The molecule has 0 aliphatic carbocycles. The number of carbonyl (C=O) groups is 2. The summed E-state index contributed by atoms with van der Waals surface area (Å²) in [5, 5.41) is 3.63. The lowest BCUT2D eigenvalue weighted by Crippen LogP contribution is -2.34. The molecule has 4 nitrogen and oxygen atoms in total. The molecule has 2 aromatic rings. The predicted octanol–water partition coefficient (Wildman–Crippen LogP) is 3.36. The molecule has 3 rings (SSSR count). The molecular weight excluding hydrogens is 336 g/mol. The highest BCUT2D eigenvalue weighted by Gasteiger charge is 2.34. The monoisotopic (exact) mass is 356 g/mol. The normalized spacial score (nSPS) is 17.0. The highest BCUT2D eigenvalue weighted by atomic mass is 35.5. The van der Waals surface area contributed by atoms with E-state index in [9.17, 15) is 9.59 Å². The molecule has 1 unspecified atom stereocenters. The molecule has 2 aromatic carbocycles. The second kappa shape index (κ2) is 7.70. The van der Waals surface area contributed by atoms with Crippen LogP contribution < -0.4 is 10.2 Å². The van der Waals surface area contributed by atoms with Crippen molar-refractivity contribution in [2.75, 3.05) is 18.0 Å². The largest absolute Gasteiger partial charge is 0.355 e. The van der Waals surface area contributed by atoms with Crippen molar-refractivity contribution in [1.29, 1.82) is 0 Å². The van der Waals surface area contributed by atoms with E-state index in [2.05, 4.69) is 5.32 Å². The lowest BCUT2D eigenvalue weighted by molar-refractivity contribution is -0.126. The number of hydrogen-bond acceptors (Lipinski definition) is 2. The number of aryl methyl sites for hydroxylation is 1. The summed E-state index contributed by atoms with van der Waals surface area (Å²) in [6.07, 6.45) is 0.978. The fourth-order valence-electron chi connectivity index (χ4n) is 3.10. The summed E-state index contributed by atoms with van der Waals surface area (Å²) in [5.74, 6) is -0.363. The molecule has 1 N–H and O–H groups in total. The molecular formula is C20H21ClN2O2. The molecule has 130 valence electrons. The van der Waals surface area contributed by atoms with Gasteiger partial charge in [0.25, 0.3) is 0 Å². The summed E-state index contributed by atoms with van der Waals surface area (Å²) >= 11 is 5.96. The van der Waals surface area contributed by atoms with Gasteiger partial charge in [-0.3, -0.25) is 9.59 Å². The summed E-state index contributed by atoms with van der Waals surface area (Å²) in [5.41, 5.74) is 3.04. The van der Waals surface area contributed by atoms with Crippen LogP contribution in [0.3, 0.4) is 0 Å². The van der Waals surface area contributed by atoms with Gasteiger partial charge in [0, 0.05) is 30.2 Å². The summed E-state index contributed by atoms with van der Waals surface area (Å²) in [4.78, 5) is 26.3. The highest BCUT2D eigenvalue weighted by molar-refractivity contribution is 6.30. The van der Waals surface area contributed by atoms with Gasteiger partial charge < -0.3 is 10.2 Å². The molecule has 1 aliphatic heterocycles. The van der Waals surface area contributed by atoms with Gasteiger partial charge in [0.1, 0.15) is 0 Å². The van der Waals surface area contributed by atoms with Gasteiger partial charge in [-0.15, -0.1) is 0 Å². The summed E-state index contributed by atoms with van der Waals surface area (Å²) < 4.78 is 0. The number of halogens is 1. The Morgan fingerprint density at radius 3 is 2.80 bits per heavy atom. The molecule has 0 radical (unpaired) electrons. The molecule has 25 heavy (non-hydrogen) atoms. The standard InChI is InChI=1S/C20H21ClN2O2/c1-14-4-2-7-18(10-14)23-13-16(12-19(23)24)20(25)22-9-8-15-5-3-6-17(21)11-15/h2-7,10-11,16H,8-9,12-13H2,1H3,(H,22,25). The topological polar surface area (TPSA) is 49.4 Å². The maximum atomic E-state index is 12.4. The number of hydrogen-bond donors (Lipinski definition) is 1. The van der Waals surface area contributed by atoms with Crippen LogP contribution in [-0.4, -0.2) is 24.9 Å². The Morgan fingerprint density at radius 1 is 1.24 bits per heavy atom. The van der Waals surface area contributed by atoms with Crippen LogP contribution in [0, 0.1) is 12.8 Å². The molecule has 1 fully saturated rings. The molecule has 0 bridgehead atoms. The van der Waals surface area contributed by atoms with E-state index in [-0.39, 0.29) is 24.2 Å². The number of amides is 2. The molecule has 1 aliphatic rings. The Hall–Kier alpha value is -2.33. The second-order valence-electron chi connectivity index (χ2n) is 6.42. The van der Waals surface area contributed by atoms with Crippen LogP contribution in [-0.2, 0) is 16.0 Å². The maximum Gasteiger partial charge on any atom is 0.227 e. The van der Waals surface area contributed by atoms with Crippen LogP contribution >= 0.6 is 11.6 Å². The summed E-state index contributed by atoms with van der Waals surface area (Å²) in [6, 6.07) is 15.4. The van der Waals surface area contributed by atoms with E-state index in [1.165, 1.54) is 0 Å². The molecule has 5 heteroatoms. The van der Waals surface area contributed by atoms with Gasteiger partial charge in [0.2, 0.25) is 11.8 Å². The smallest absolute Gasteiger partial charge is 0.227 e. The minimum absolute atomic E-state index is 0.000547. The number of nitrogens with zero attached hydrogens (tertiary/aromatic N) is 1. The Labute approximate surface area is 152 Å². The molecule has 1 heterocycles. The van der Waals surface area contributed by atoms with Crippen molar-refractivity contribution in [3.05, 3.63) is 64.7 Å². The molecule has 0 spiro atoms. The zero-order valence-corrected chi connectivity index (χ0v) is 14.9. The van der Waals surface area contributed by atoms with Gasteiger partial charge in [0.05, 0.1) is 5.92 Å². The van der Waals surface area contributed by atoms with Crippen molar-refractivity contribution >= 4 is 29.1 Å². The van der Waals surface area contributed by atoms with Gasteiger partial charge in [-0.2, -0.15) is 0 Å². The van der Waals surface area contributed by atoms with E-state index >= 15 is 0 Å². The number of rotatable bonds is 5. The van der Waals surface area contributed by atoms with Crippen LogP contribution in [0.5, 0.6) is 0 Å². The average molecular weight is 357 g/mol. The summed E-state index contributed by atoms with van der Waals surface area (Å²) in [7, 11) is 0. The third-order valence-electron chi connectivity index (χ3n) is 4.41. The minimum atomic E-state index is -0.299. The minimum Gasteiger partial charge on any atom is -0.355 e. The molecule has 0 saturated carbocycles. The van der Waals surface area contributed by atoms with E-state index in [0.29, 0.717) is 24.5 Å². The van der Waals surface area contributed by atoms with Gasteiger partial charge in [-0.1, -0.05) is 35.9 Å². The predicted molar refractivity (Wildman–Crippen MR) is 99.8 cm³/mol. The van der Waals surface area contributed by atoms with Crippen LogP contribution in [0.4, 0.5) is 5.69 Å². The average Bonchev–Trinajstić information content (AvgIpc) is 2.97. The van der Waals surface area contributed by atoms with Crippen molar-refractivity contribution in [1.82, 2.24) is 5.32 Å². The van der Waals surface area contributed by atoms with E-state index in [1.54, 1.807) is 4.90 Å². The van der Waals surface area contributed by atoms with Crippen LogP contribution in [0.15, 0.2) is 48.5 Å². The molecule has 1 atom stereocenters. The lowest BCUT2D eigenvalue weighted by Gasteiger charge is -2.17. The SMILES string of the molecule is Cc1cccc(N2CC(C(=O)NCCc3cccc(Cl)c3)CC2=O)c1. The highest BCUT2D eigenvalue weighted by Crippen LogP contribution is 2.25. The first-order valence-electron chi connectivity index (χ1n) is 8.42. The van der Waals surface area contributed by atoms with Crippen molar-refractivity contribution in [3.8, 4) is 0 Å². The Balaban J connectivity index is 1.54. The number of benzene rings is 2. The van der Waals surface area contributed by atoms with E-state index in [4.69, 9.17) is 11.6 Å². The molecule has 1 saturated heterocycles. The first-order chi connectivity index (χ1) is 12.0. The third-order valence-corrected chi connectivity index (χ3v) is 4.65. The lowest BCUT2D eigenvalue weighted by atomic mass is 10.1. The van der Waals surface area contributed by atoms with Gasteiger partial charge in [0.15, 0.2) is 0 Å². The Kier molecular flexibility index (Phi) is 5.39. The van der Waals surface area contributed by atoms with Crippen LogP contribution in [0.1, 0.15) is 17.5 Å². The summed E-state index contributed by atoms with van der Waals surface area (Å²) in [6.45, 7) is 2.96. The number of nitrogens with one attached hydrogen (secondary N) is 1. The van der Waals surface area contributed by atoms with Gasteiger partial charge in [-0.25, -0.2) is 0 Å². The van der Waals surface area contributed by atoms with Gasteiger partial charge >= 0.3 is 0 Å². The first-order valence-corrected chi connectivity index (χ1v) is 8.80. The van der Waals surface area contributed by atoms with Crippen molar-refractivity contribution in [2.24, 2.45) is 5.92 Å². The fourth-order valence-corrected chi connectivity index (χ4v) is 3.31. The molecule has 2 amide bonds. The number of anilines is 1. The second-order valence-corrected chi connectivity index (χ2v) is 6.85. The van der Waals surface area contributed by atoms with Crippen LogP contribution in [0.25, 0.3) is 0 Å². The molecule has 0 aromatic heterocycles. The third kappa shape index (κ3) is 4.40. The van der Waals surface area contributed by atoms with Gasteiger partial charge in [-0.05, 0) is 48.7 Å². The zero-order chi connectivity index (χ0) is 17.8. The van der Waals surface area contributed by atoms with E-state index in [0.717, 1.165) is 16.8 Å².